The molecule has 0 aliphatic carbocycles. The second-order valence-electron chi connectivity index (χ2n) is 3.19. The molecule has 0 heterocycles. The number of ether oxygens (including phenoxy) is 1. The molecule has 1 aromatic rings. The lowest BCUT2D eigenvalue weighted by Gasteiger charge is -2.07. The van der Waals surface area contributed by atoms with Crippen molar-refractivity contribution in [2.45, 2.75) is 0 Å². The van der Waals surface area contributed by atoms with Gasteiger partial charge >= 0.3 is 6.03 Å². The van der Waals surface area contributed by atoms with E-state index in [2.05, 4.69) is 16.0 Å². The van der Waals surface area contributed by atoms with Crippen LogP contribution >= 0.6 is 0 Å². The number of nitrogens with one attached hydrogen (secondary N) is 3. The van der Waals surface area contributed by atoms with Crippen LogP contribution in [0.3, 0.4) is 0 Å². The molecule has 0 unspecified atom stereocenters. The Morgan fingerprint density at radius 2 is 1.82 bits per heavy atom. The molecule has 0 bridgehead atoms. The van der Waals surface area contributed by atoms with Gasteiger partial charge in [-0.05, 0) is 24.3 Å². The number of anilines is 1. The predicted octanol–water partition coefficient (Wildman–Crippen LogP) is 0.563. The number of urea groups is 1. The van der Waals surface area contributed by atoms with Crippen molar-refractivity contribution in [3.8, 4) is 5.75 Å². The van der Waals surface area contributed by atoms with Crippen molar-refractivity contribution in [3.05, 3.63) is 24.3 Å². The van der Waals surface area contributed by atoms with E-state index in [4.69, 9.17) is 4.74 Å². The summed E-state index contributed by atoms with van der Waals surface area (Å²) in [5.41, 5.74) is 0.951. The molecule has 17 heavy (non-hydrogen) atoms. The molecule has 0 aliphatic rings. The molecule has 0 atom stereocenters. The molecule has 92 valence electrons. The van der Waals surface area contributed by atoms with E-state index < -0.39 is 11.9 Å². The fourth-order valence-corrected chi connectivity index (χ4v) is 1.09. The van der Waals surface area contributed by atoms with Crippen LogP contribution in [0.25, 0.3) is 0 Å². The normalized spacial score (nSPS) is 9.29. The summed E-state index contributed by atoms with van der Waals surface area (Å²) in [7, 11) is 3.24. The lowest BCUT2D eigenvalue weighted by molar-refractivity contribution is -0.121. The number of hydrogen-bond donors (Lipinski definition) is 3. The Morgan fingerprint density at radius 1 is 1.18 bits per heavy atom. The first-order chi connectivity index (χ1) is 8.15. The molecule has 0 aromatic heterocycles. The van der Waals surface area contributed by atoms with E-state index in [0.29, 0.717) is 5.75 Å². The highest BCUT2D eigenvalue weighted by Gasteiger charge is 2.06. The van der Waals surface area contributed by atoms with E-state index in [9.17, 15) is 9.59 Å². The fourth-order valence-electron chi connectivity index (χ4n) is 1.09. The lowest BCUT2D eigenvalue weighted by Crippen LogP contribution is -2.39. The van der Waals surface area contributed by atoms with Crippen LogP contribution in [0.5, 0.6) is 5.75 Å². The van der Waals surface area contributed by atoms with Crippen molar-refractivity contribution in [2.75, 3.05) is 26.0 Å². The minimum atomic E-state index is -0.552. The molecule has 6 nitrogen and oxygen atoms in total. The largest absolute Gasteiger partial charge is 0.484 e. The Kier molecular flexibility index (Phi) is 4.80. The third kappa shape index (κ3) is 4.42. The van der Waals surface area contributed by atoms with Gasteiger partial charge in [0.15, 0.2) is 6.61 Å². The van der Waals surface area contributed by atoms with Crippen LogP contribution in [0, 0.1) is 0 Å². The van der Waals surface area contributed by atoms with Crippen molar-refractivity contribution >= 4 is 17.6 Å². The van der Waals surface area contributed by atoms with Gasteiger partial charge in [-0.3, -0.25) is 10.1 Å². The Balaban J connectivity index is 2.39. The minimum absolute atomic E-state index is 0.202. The summed E-state index contributed by atoms with van der Waals surface area (Å²) < 4.78 is 5.19. The van der Waals surface area contributed by atoms with Crippen molar-refractivity contribution in [1.29, 1.82) is 0 Å². The number of carbonyl (C=O) groups is 2. The van der Waals surface area contributed by atoms with Gasteiger partial charge in [-0.15, -0.1) is 0 Å². The zero-order chi connectivity index (χ0) is 12.7. The Bertz CT molecular complexity index is 389. The van der Waals surface area contributed by atoms with Gasteiger partial charge in [0.1, 0.15) is 5.75 Å². The topological polar surface area (TPSA) is 79.5 Å². The van der Waals surface area contributed by atoms with E-state index >= 15 is 0 Å². The standard InChI is InChI=1S/C11H15N3O3/c1-12-8-3-5-9(6-4-8)17-7-10(15)14-11(16)13-2/h3-6,12H,7H2,1-2H3,(H2,13,14,15,16). The van der Waals surface area contributed by atoms with E-state index in [1.54, 1.807) is 12.1 Å². The van der Waals surface area contributed by atoms with Crippen molar-refractivity contribution < 1.29 is 14.3 Å². The van der Waals surface area contributed by atoms with Crippen LogP contribution in [0.1, 0.15) is 0 Å². The molecule has 0 radical (unpaired) electrons. The SMILES string of the molecule is CNC(=O)NC(=O)COc1ccc(NC)cc1. The van der Waals surface area contributed by atoms with Gasteiger partial charge in [0.25, 0.3) is 5.91 Å². The predicted molar refractivity (Wildman–Crippen MR) is 64.1 cm³/mol. The van der Waals surface area contributed by atoms with Crippen LogP contribution < -0.4 is 20.7 Å². The number of hydrogen-bond acceptors (Lipinski definition) is 4. The van der Waals surface area contributed by atoms with Crippen LogP contribution in [0.2, 0.25) is 0 Å². The highest BCUT2D eigenvalue weighted by molar-refractivity contribution is 5.94. The second kappa shape index (κ2) is 6.37. The summed E-state index contributed by atoms with van der Waals surface area (Å²) in [6.45, 7) is -0.202. The summed E-state index contributed by atoms with van der Waals surface area (Å²) in [6.07, 6.45) is 0. The van der Waals surface area contributed by atoms with Gasteiger partial charge in [0.2, 0.25) is 0 Å². The van der Waals surface area contributed by atoms with Gasteiger partial charge < -0.3 is 15.4 Å². The highest BCUT2D eigenvalue weighted by atomic mass is 16.5. The first kappa shape index (κ1) is 12.8. The number of rotatable bonds is 4. The Labute approximate surface area is 99.3 Å². The fraction of sp³-hybridized carbons (Fsp3) is 0.273. The van der Waals surface area contributed by atoms with Crippen LogP contribution in [-0.2, 0) is 4.79 Å². The van der Waals surface area contributed by atoms with Gasteiger partial charge in [-0.1, -0.05) is 0 Å². The first-order valence-electron chi connectivity index (χ1n) is 5.08. The first-order valence-corrected chi connectivity index (χ1v) is 5.08. The van der Waals surface area contributed by atoms with Gasteiger partial charge in [-0.25, -0.2) is 4.79 Å². The summed E-state index contributed by atoms with van der Waals surface area (Å²) in [4.78, 5) is 22.0. The van der Waals surface area contributed by atoms with Crippen LogP contribution in [-0.4, -0.2) is 32.6 Å². The average molecular weight is 237 g/mol. The molecule has 1 rings (SSSR count). The van der Waals surface area contributed by atoms with Gasteiger partial charge in [-0.2, -0.15) is 0 Å². The van der Waals surface area contributed by atoms with Crippen LogP contribution in [0.4, 0.5) is 10.5 Å². The highest BCUT2D eigenvalue weighted by Crippen LogP contribution is 2.14. The summed E-state index contributed by atoms with van der Waals surface area (Å²) in [5.74, 6) is 0.0677. The van der Waals surface area contributed by atoms with Gasteiger partial charge in [0.05, 0.1) is 0 Å². The van der Waals surface area contributed by atoms with Gasteiger partial charge in [0, 0.05) is 19.8 Å². The van der Waals surface area contributed by atoms with E-state index in [-0.39, 0.29) is 6.61 Å². The number of carbonyl (C=O) groups excluding carboxylic acids is 2. The summed E-state index contributed by atoms with van der Waals surface area (Å²) in [6, 6.07) is 6.57. The zero-order valence-corrected chi connectivity index (χ0v) is 9.74. The molecule has 3 amide bonds. The molecule has 6 heteroatoms. The summed E-state index contributed by atoms with van der Waals surface area (Å²) >= 11 is 0. The third-order valence-corrected chi connectivity index (χ3v) is 1.99. The van der Waals surface area contributed by atoms with E-state index in [0.717, 1.165) is 5.69 Å². The Morgan fingerprint density at radius 3 is 2.35 bits per heavy atom. The maximum Gasteiger partial charge on any atom is 0.321 e. The lowest BCUT2D eigenvalue weighted by atomic mass is 10.3. The zero-order valence-electron chi connectivity index (χ0n) is 9.74. The molecule has 0 aliphatic heterocycles. The minimum Gasteiger partial charge on any atom is -0.484 e. The molecule has 3 N–H and O–H groups in total. The maximum atomic E-state index is 11.2. The molecular formula is C11H15N3O3. The monoisotopic (exact) mass is 237 g/mol. The summed E-state index contributed by atoms with van der Waals surface area (Å²) in [5, 5.41) is 7.34. The number of imide groups is 1. The Hall–Kier alpha value is -2.24. The van der Waals surface area contributed by atoms with Crippen molar-refractivity contribution in [2.24, 2.45) is 0 Å². The third-order valence-electron chi connectivity index (χ3n) is 1.99. The smallest absolute Gasteiger partial charge is 0.321 e. The average Bonchev–Trinajstić information content (AvgIpc) is 2.36. The van der Waals surface area contributed by atoms with Crippen molar-refractivity contribution in [3.63, 3.8) is 0 Å². The van der Waals surface area contributed by atoms with Crippen LogP contribution in [0.15, 0.2) is 24.3 Å². The molecule has 1 aromatic carbocycles. The second-order valence-corrected chi connectivity index (χ2v) is 3.19. The number of amides is 3. The maximum absolute atomic E-state index is 11.2. The molecule has 0 fully saturated rings. The molecular weight excluding hydrogens is 222 g/mol. The molecule has 0 spiro atoms. The van der Waals surface area contributed by atoms with Crippen molar-refractivity contribution in [1.82, 2.24) is 10.6 Å². The van der Waals surface area contributed by atoms with E-state index in [1.807, 2.05) is 19.2 Å². The quantitative estimate of drug-likeness (QED) is 0.715. The molecule has 0 saturated carbocycles. The van der Waals surface area contributed by atoms with E-state index in [1.165, 1.54) is 7.05 Å². The molecule has 0 saturated heterocycles. The number of benzene rings is 1.